The topological polar surface area (TPSA) is 12.5 Å². The van der Waals surface area contributed by atoms with Crippen LogP contribution in [0.4, 0.5) is 0 Å². The van der Waals surface area contributed by atoms with Gasteiger partial charge < -0.3 is 9.64 Å². The smallest absolute Gasteiger partial charge is 0.0559 e. The van der Waals surface area contributed by atoms with Gasteiger partial charge >= 0.3 is 0 Å². The van der Waals surface area contributed by atoms with Crippen LogP contribution in [0.25, 0.3) is 0 Å². The fraction of sp³-hybridized carbons (Fsp3) is 1.00. The lowest BCUT2D eigenvalue weighted by Crippen LogP contribution is -2.33. The summed E-state index contributed by atoms with van der Waals surface area (Å²) in [6.07, 6.45) is 3.96. The van der Waals surface area contributed by atoms with E-state index < -0.39 is 0 Å². The first-order valence-electron chi connectivity index (χ1n) is 6.47. The Balaban J connectivity index is 3.54. The van der Waals surface area contributed by atoms with Crippen molar-refractivity contribution < 1.29 is 4.74 Å². The van der Waals surface area contributed by atoms with Crippen molar-refractivity contribution >= 4 is 0 Å². The van der Waals surface area contributed by atoms with Gasteiger partial charge in [0.1, 0.15) is 0 Å². The molecule has 0 saturated carbocycles. The van der Waals surface area contributed by atoms with Gasteiger partial charge in [-0.15, -0.1) is 0 Å². The van der Waals surface area contributed by atoms with E-state index >= 15 is 0 Å². The molecule has 0 fully saturated rings. The maximum Gasteiger partial charge on any atom is 0.0559 e. The molecule has 1 atom stereocenters. The van der Waals surface area contributed by atoms with E-state index in [4.69, 9.17) is 4.74 Å². The molecule has 0 spiro atoms. The Labute approximate surface area is 96.0 Å². The van der Waals surface area contributed by atoms with Crippen LogP contribution in [0.2, 0.25) is 0 Å². The van der Waals surface area contributed by atoms with Gasteiger partial charge in [0.2, 0.25) is 0 Å². The summed E-state index contributed by atoms with van der Waals surface area (Å²) < 4.78 is 5.73. The Kier molecular flexibility index (Phi) is 9.12. The van der Waals surface area contributed by atoms with Gasteiger partial charge in [-0.25, -0.2) is 0 Å². The molecule has 0 N–H and O–H groups in total. The number of hydrogen-bond acceptors (Lipinski definition) is 2. The van der Waals surface area contributed by atoms with E-state index in [9.17, 15) is 0 Å². The van der Waals surface area contributed by atoms with Gasteiger partial charge in [0.05, 0.1) is 6.10 Å². The van der Waals surface area contributed by atoms with Crippen molar-refractivity contribution in [3.8, 4) is 0 Å². The van der Waals surface area contributed by atoms with Crippen LogP contribution >= 0.6 is 0 Å². The average Bonchev–Trinajstić information content (AvgIpc) is 2.18. The van der Waals surface area contributed by atoms with E-state index in [0.717, 1.165) is 26.1 Å². The van der Waals surface area contributed by atoms with Gasteiger partial charge in [-0.05, 0) is 40.2 Å². The standard InChI is InChI=1S/C13H29NO/c1-6-8-11-15-13(5)9-10-14(7-2)12(3)4/h12-13H,6-11H2,1-5H3. The Morgan fingerprint density at radius 2 is 1.80 bits per heavy atom. The maximum atomic E-state index is 5.73. The van der Waals surface area contributed by atoms with E-state index in [2.05, 4.69) is 39.5 Å². The first-order valence-corrected chi connectivity index (χ1v) is 6.47. The van der Waals surface area contributed by atoms with Crippen LogP contribution in [0.5, 0.6) is 0 Å². The van der Waals surface area contributed by atoms with Crippen molar-refractivity contribution in [1.82, 2.24) is 4.90 Å². The van der Waals surface area contributed by atoms with Crippen LogP contribution in [0.1, 0.15) is 53.9 Å². The molecule has 0 amide bonds. The minimum atomic E-state index is 0.407. The highest BCUT2D eigenvalue weighted by Crippen LogP contribution is 2.04. The van der Waals surface area contributed by atoms with Crippen LogP contribution in [-0.4, -0.2) is 36.7 Å². The first-order chi connectivity index (χ1) is 7.11. The summed E-state index contributed by atoms with van der Waals surface area (Å²) in [5, 5.41) is 0. The lowest BCUT2D eigenvalue weighted by atomic mass is 10.2. The van der Waals surface area contributed by atoms with Crippen molar-refractivity contribution in [2.75, 3.05) is 19.7 Å². The molecule has 1 unspecified atom stereocenters. The third-order valence-electron chi connectivity index (χ3n) is 2.86. The summed E-state index contributed by atoms with van der Waals surface area (Å²) in [5.41, 5.74) is 0. The molecule has 0 aromatic carbocycles. The molecule has 0 aromatic heterocycles. The second-order valence-corrected chi connectivity index (χ2v) is 4.55. The number of unbranched alkanes of at least 4 members (excludes halogenated alkanes) is 1. The summed E-state index contributed by atoms with van der Waals surface area (Å²) >= 11 is 0. The Morgan fingerprint density at radius 1 is 1.13 bits per heavy atom. The maximum absolute atomic E-state index is 5.73. The summed E-state index contributed by atoms with van der Waals surface area (Å²) in [5.74, 6) is 0. The SMILES string of the molecule is CCCCOC(C)CCN(CC)C(C)C. The third kappa shape index (κ3) is 7.80. The molecule has 0 bridgehead atoms. The highest BCUT2D eigenvalue weighted by molar-refractivity contribution is 4.63. The Hall–Kier alpha value is -0.0800. The van der Waals surface area contributed by atoms with E-state index in [1.165, 1.54) is 12.8 Å². The monoisotopic (exact) mass is 215 g/mol. The molecule has 2 nitrogen and oxygen atoms in total. The normalized spacial score (nSPS) is 13.8. The minimum Gasteiger partial charge on any atom is -0.378 e. The highest BCUT2D eigenvalue weighted by Gasteiger charge is 2.09. The fourth-order valence-corrected chi connectivity index (χ4v) is 1.64. The van der Waals surface area contributed by atoms with Gasteiger partial charge in [-0.3, -0.25) is 0 Å². The molecule has 0 saturated heterocycles. The van der Waals surface area contributed by atoms with E-state index in [0.29, 0.717) is 12.1 Å². The zero-order valence-corrected chi connectivity index (χ0v) is 11.3. The molecular formula is C13H29NO. The largest absolute Gasteiger partial charge is 0.378 e. The van der Waals surface area contributed by atoms with Crippen LogP contribution in [0, 0.1) is 0 Å². The zero-order valence-electron chi connectivity index (χ0n) is 11.3. The third-order valence-corrected chi connectivity index (χ3v) is 2.86. The number of nitrogens with zero attached hydrogens (tertiary/aromatic N) is 1. The lowest BCUT2D eigenvalue weighted by Gasteiger charge is -2.26. The minimum absolute atomic E-state index is 0.407. The van der Waals surface area contributed by atoms with Crippen molar-refractivity contribution in [3.63, 3.8) is 0 Å². The molecule has 0 aliphatic rings. The van der Waals surface area contributed by atoms with Crippen LogP contribution in [0.15, 0.2) is 0 Å². The number of hydrogen-bond donors (Lipinski definition) is 0. The molecule has 0 aliphatic carbocycles. The van der Waals surface area contributed by atoms with Crippen molar-refractivity contribution in [2.45, 2.75) is 66.0 Å². The summed E-state index contributed by atoms with van der Waals surface area (Å²) in [6, 6.07) is 0.651. The van der Waals surface area contributed by atoms with Crippen LogP contribution < -0.4 is 0 Å². The summed E-state index contributed by atoms with van der Waals surface area (Å²) in [4.78, 5) is 2.49. The van der Waals surface area contributed by atoms with Gasteiger partial charge in [-0.2, -0.15) is 0 Å². The van der Waals surface area contributed by atoms with Gasteiger partial charge in [0.15, 0.2) is 0 Å². The number of rotatable bonds is 9. The molecule has 0 heterocycles. The fourth-order valence-electron chi connectivity index (χ4n) is 1.64. The van der Waals surface area contributed by atoms with E-state index in [1.807, 2.05) is 0 Å². The Morgan fingerprint density at radius 3 is 2.27 bits per heavy atom. The molecule has 0 radical (unpaired) electrons. The van der Waals surface area contributed by atoms with Crippen molar-refractivity contribution in [3.05, 3.63) is 0 Å². The molecular weight excluding hydrogens is 186 g/mol. The molecule has 0 aromatic rings. The summed E-state index contributed by atoms with van der Waals surface area (Å²) in [7, 11) is 0. The second kappa shape index (κ2) is 9.17. The molecule has 2 heteroatoms. The van der Waals surface area contributed by atoms with Crippen molar-refractivity contribution in [2.24, 2.45) is 0 Å². The molecule has 15 heavy (non-hydrogen) atoms. The predicted molar refractivity (Wildman–Crippen MR) is 67.3 cm³/mol. The number of ether oxygens (including phenoxy) is 1. The van der Waals surface area contributed by atoms with Gasteiger partial charge in [0.25, 0.3) is 0 Å². The molecule has 92 valence electrons. The van der Waals surface area contributed by atoms with E-state index in [-0.39, 0.29) is 0 Å². The van der Waals surface area contributed by atoms with Crippen LogP contribution in [-0.2, 0) is 4.74 Å². The molecule has 0 rings (SSSR count). The van der Waals surface area contributed by atoms with Gasteiger partial charge in [0, 0.05) is 19.2 Å². The second-order valence-electron chi connectivity index (χ2n) is 4.55. The van der Waals surface area contributed by atoms with Gasteiger partial charge in [-0.1, -0.05) is 20.3 Å². The predicted octanol–water partition coefficient (Wildman–Crippen LogP) is 3.31. The average molecular weight is 215 g/mol. The zero-order chi connectivity index (χ0) is 11.7. The lowest BCUT2D eigenvalue weighted by molar-refractivity contribution is 0.0482. The van der Waals surface area contributed by atoms with Crippen LogP contribution in [0.3, 0.4) is 0 Å². The quantitative estimate of drug-likeness (QED) is 0.547. The summed E-state index contributed by atoms with van der Waals surface area (Å²) in [6.45, 7) is 14.3. The van der Waals surface area contributed by atoms with E-state index in [1.54, 1.807) is 0 Å². The highest BCUT2D eigenvalue weighted by atomic mass is 16.5. The van der Waals surface area contributed by atoms with Crippen molar-refractivity contribution in [1.29, 1.82) is 0 Å². The first kappa shape index (κ1) is 14.9. The Bertz CT molecular complexity index is 136. The molecule has 0 aliphatic heterocycles.